The van der Waals surface area contributed by atoms with E-state index in [-0.39, 0.29) is 0 Å². The lowest BCUT2D eigenvalue weighted by molar-refractivity contribution is 0.500. The molecule has 1 atom stereocenters. The van der Waals surface area contributed by atoms with Crippen molar-refractivity contribution in [1.29, 1.82) is 0 Å². The first-order chi connectivity index (χ1) is 6.38. The maximum absolute atomic E-state index is 3.89. The fraction of sp³-hybridized carbons (Fsp3) is 0.778. The monoisotopic (exact) mass is 199 g/mol. The van der Waals surface area contributed by atoms with Gasteiger partial charge >= 0.3 is 0 Å². The predicted molar refractivity (Wildman–Crippen MR) is 55.9 cm³/mol. The summed E-state index contributed by atoms with van der Waals surface area (Å²) in [5.41, 5.74) is 0. The van der Waals surface area contributed by atoms with Gasteiger partial charge in [-0.1, -0.05) is 24.8 Å². The molecule has 0 saturated carbocycles. The molecule has 1 rings (SSSR count). The fourth-order valence-corrected chi connectivity index (χ4v) is 1.89. The predicted octanol–water partition coefficient (Wildman–Crippen LogP) is 2.38. The second-order valence-electron chi connectivity index (χ2n) is 3.12. The Morgan fingerprint density at radius 2 is 2.31 bits per heavy atom. The van der Waals surface area contributed by atoms with Crippen LogP contribution in [0.25, 0.3) is 0 Å². The van der Waals surface area contributed by atoms with Crippen molar-refractivity contribution < 1.29 is 0 Å². The summed E-state index contributed by atoms with van der Waals surface area (Å²) in [6.45, 7) is 5.46. The SMILES string of the molecule is CCCNC(CCC)c1cnns1. The average Bonchev–Trinajstić information content (AvgIpc) is 2.65. The molecule has 0 fully saturated rings. The molecule has 1 N–H and O–H groups in total. The lowest BCUT2D eigenvalue weighted by Gasteiger charge is -2.14. The Bertz CT molecular complexity index is 211. The second kappa shape index (κ2) is 6.05. The van der Waals surface area contributed by atoms with Gasteiger partial charge in [0.2, 0.25) is 0 Å². The minimum absolute atomic E-state index is 0.463. The molecular formula is C9H17N3S. The van der Waals surface area contributed by atoms with Crippen molar-refractivity contribution in [3.05, 3.63) is 11.1 Å². The van der Waals surface area contributed by atoms with E-state index >= 15 is 0 Å². The van der Waals surface area contributed by atoms with Gasteiger partial charge in [0.15, 0.2) is 0 Å². The van der Waals surface area contributed by atoms with Gasteiger partial charge in [-0.2, -0.15) is 0 Å². The molecule has 1 unspecified atom stereocenters. The van der Waals surface area contributed by atoms with Gasteiger partial charge < -0.3 is 5.32 Å². The van der Waals surface area contributed by atoms with E-state index in [1.165, 1.54) is 35.7 Å². The van der Waals surface area contributed by atoms with Crippen LogP contribution in [0.3, 0.4) is 0 Å². The van der Waals surface area contributed by atoms with Crippen molar-refractivity contribution in [3.63, 3.8) is 0 Å². The summed E-state index contributed by atoms with van der Waals surface area (Å²) in [4.78, 5) is 1.26. The van der Waals surface area contributed by atoms with Crippen LogP contribution in [0.15, 0.2) is 6.20 Å². The zero-order chi connectivity index (χ0) is 9.52. The molecular weight excluding hydrogens is 182 g/mol. The molecule has 0 aliphatic rings. The van der Waals surface area contributed by atoms with E-state index in [1.807, 2.05) is 6.20 Å². The summed E-state index contributed by atoms with van der Waals surface area (Å²) in [6.07, 6.45) is 5.41. The first kappa shape index (κ1) is 10.6. The lowest BCUT2D eigenvalue weighted by Crippen LogP contribution is -2.21. The molecule has 0 amide bonds. The third-order valence-corrected chi connectivity index (χ3v) is 2.72. The van der Waals surface area contributed by atoms with Crippen LogP contribution in [0.4, 0.5) is 0 Å². The molecule has 0 aliphatic heterocycles. The van der Waals surface area contributed by atoms with Crippen molar-refractivity contribution in [2.75, 3.05) is 6.54 Å². The molecule has 0 aliphatic carbocycles. The molecule has 74 valence electrons. The van der Waals surface area contributed by atoms with Crippen LogP contribution < -0.4 is 5.32 Å². The largest absolute Gasteiger partial charge is 0.309 e. The highest BCUT2D eigenvalue weighted by Crippen LogP contribution is 2.19. The van der Waals surface area contributed by atoms with E-state index in [1.54, 1.807) is 0 Å². The Hall–Kier alpha value is -0.480. The van der Waals surface area contributed by atoms with Gasteiger partial charge in [-0.25, -0.2) is 0 Å². The highest BCUT2D eigenvalue weighted by atomic mass is 32.1. The lowest BCUT2D eigenvalue weighted by atomic mass is 10.1. The third kappa shape index (κ3) is 3.40. The number of rotatable bonds is 6. The van der Waals surface area contributed by atoms with Gasteiger partial charge in [0.25, 0.3) is 0 Å². The summed E-state index contributed by atoms with van der Waals surface area (Å²) in [6, 6.07) is 0.463. The van der Waals surface area contributed by atoms with Crippen LogP contribution >= 0.6 is 11.5 Å². The van der Waals surface area contributed by atoms with Crippen molar-refractivity contribution in [2.45, 2.75) is 39.2 Å². The maximum atomic E-state index is 3.89. The van der Waals surface area contributed by atoms with Gasteiger partial charge in [0, 0.05) is 6.04 Å². The van der Waals surface area contributed by atoms with Crippen molar-refractivity contribution >= 4 is 11.5 Å². The molecule has 1 heterocycles. The number of nitrogens with zero attached hydrogens (tertiary/aromatic N) is 2. The first-order valence-electron chi connectivity index (χ1n) is 4.89. The minimum Gasteiger partial charge on any atom is -0.309 e. The van der Waals surface area contributed by atoms with E-state index in [2.05, 4.69) is 28.8 Å². The molecule has 1 aromatic heterocycles. The van der Waals surface area contributed by atoms with E-state index in [0.29, 0.717) is 6.04 Å². The quantitative estimate of drug-likeness (QED) is 0.764. The van der Waals surface area contributed by atoms with E-state index in [4.69, 9.17) is 0 Å². The minimum atomic E-state index is 0.463. The topological polar surface area (TPSA) is 37.8 Å². The molecule has 0 aromatic carbocycles. The third-order valence-electron chi connectivity index (χ3n) is 1.94. The first-order valence-corrected chi connectivity index (χ1v) is 5.66. The normalized spacial score (nSPS) is 13.1. The Morgan fingerprint density at radius 3 is 2.85 bits per heavy atom. The number of aromatic nitrogens is 2. The standard InChI is InChI=1S/C9H17N3S/c1-3-5-8(10-6-4-2)9-7-11-12-13-9/h7-8,10H,3-6H2,1-2H3. The Kier molecular flexibility index (Phi) is 4.93. The number of hydrogen-bond acceptors (Lipinski definition) is 4. The number of hydrogen-bond donors (Lipinski definition) is 1. The van der Waals surface area contributed by atoms with Crippen molar-refractivity contribution in [3.8, 4) is 0 Å². The molecule has 4 heteroatoms. The summed E-state index contributed by atoms with van der Waals surface area (Å²) < 4.78 is 3.89. The van der Waals surface area contributed by atoms with E-state index in [9.17, 15) is 0 Å². The Balaban J connectivity index is 2.47. The van der Waals surface area contributed by atoms with Crippen LogP contribution in [0.2, 0.25) is 0 Å². The molecule has 3 nitrogen and oxygen atoms in total. The van der Waals surface area contributed by atoms with Crippen molar-refractivity contribution in [2.24, 2.45) is 0 Å². The van der Waals surface area contributed by atoms with Gasteiger partial charge in [-0.3, -0.25) is 0 Å². The van der Waals surface area contributed by atoms with Crippen LogP contribution in [0, 0.1) is 0 Å². The molecule has 0 saturated heterocycles. The Labute approximate surface area is 83.7 Å². The highest BCUT2D eigenvalue weighted by Gasteiger charge is 2.11. The molecule has 1 aromatic rings. The summed E-state index contributed by atoms with van der Waals surface area (Å²) in [5, 5.41) is 7.37. The van der Waals surface area contributed by atoms with Crippen LogP contribution in [0.1, 0.15) is 44.0 Å². The van der Waals surface area contributed by atoms with Gasteiger partial charge in [-0.05, 0) is 30.9 Å². The van der Waals surface area contributed by atoms with Crippen LogP contribution in [0.5, 0.6) is 0 Å². The molecule has 0 radical (unpaired) electrons. The molecule has 13 heavy (non-hydrogen) atoms. The smallest absolute Gasteiger partial charge is 0.0669 e. The maximum Gasteiger partial charge on any atom is 0.0669 e. The summed E-state index contributed by atoms with van der Waals surface area (Å²) >= 11 is 1.50. The number of nitrogens with one attached hydrogen (secondary N) is 1. The van der Waals surface area contributed by atoms with Gasteiger partial charge in [0.1, 0.15) is 0 Å². The summed E-state index contributed by atoms with van der Waals surface area (Å²) in [7, 11) is 0. The van der Waals surface area contributed by atoms with Crippen LogP contribution in [-0.2, 0) is 0 Å². The molecule has 0 bridgehead atoms. The summed E-state index contributed by atoms with van der Waals surface area (Å²) in [5.74, 6) is 0. The molecule has 0 spiro atoms. The second-order valence-corrected chi connectivity index (χ2v) is 3.93. The fourth-order valence-electron chi connectivity index (χ4n) is 1.28. The Morgan fingerprint density at radius 1 is 1.46 bits per heavy atom. The highest BCUT2D eigenvalue weighted by molar-refractivity contribution is 7.05. The van der Waals surface area contributed by atoms with E-state index in [0.717, 1.165) is 6.54 Å². The van der Waals surface area contributed by atoms with E-state index < -0.39 is 0 Å². The van der Waals surface area contributed by atoms with Gasteiger partial charge in [0.05, 0.1) is 11.1 Å². The average molecular weight is 199 g/mol. The van der Waals surface area contributed by atoms with Gasteiger partial charge in [-0.15, -0.1) is 5.10 Å². The van der Waals surface area contributed by atoms with Crippen molar-refractivity contribution in [1.82, 2.24) is 14.9 Å². The van der Waals surface area contributed by atoms with Crippen LogP contribution in [-0.4, -0.2) is 16.1 Å². The zero-order valence-corrected chi connectivity index (χ0v) is 9.10. The zero-order valence-electron chi connectivity index (χ0n) is 8.29.